The highest BCUT2D eigenvalue weighted by molar-refractivity contribution is 5.35. The van der Waals surface area contributed by atoms with Crippen molar-refractivity contribution in [1.29, 1.82) is 0 Å². The molecule has 84 valence electrons. The van der Waals surface area contributed by atoms with E-state index in [1.54, 1.807) is 7.11 Å². The fourth-order valence-corrected chi connectivity index (χ4v) is 1.52. The van der Waals surface area contributed by atoms with Crippen molar-refractivity contribution in [1.82, 2.24) is 10.3 Å². The molecular weight excluding hydrogens is 188 g/mol. The summed E-state index contributed by atoms with van der Waals surface area (Å²) in [6.07, 6.45) is 0. The number of pyridine rings is 1. The van der Waals surface area contributed by atoms with E-state index in [9.17, 15) is 0 Å². The Kier molecular flexibility index (Phi) is 4.09. The predicted molar refractivity (Wildman–Crippen MR) is 62.2 cm³/mol. The molecule has 15 heavy (non-hydrogen) atoms. The van der Waals surface area contributed by atoms with E-state index < -0.39 is 0 Å². The molecule has 3 nitrogen and oxygen atoms in total. The molecular formula is C12H20N2O. The zero-order chi connectivity index (χ0) is 11.4. The lowest BCUT2D eigenvalue weighted by atomic mass is 10.1. The van der Waals surface area contributed by atoms with Gasteiger partial charge in [-0.2, -0.15) is 0 Å². The van der Waals surface area contributed by atoms with Crippen molar-refractivity contribution in [3.63, 3.8) is 0 Å². The Morgan fingerprint density at radius 3 is 2.60 bits per heavy atom. The van der Waals surface area contributed by atoms with Gasteiger partial charge < -0.3 is 10.1 Å². The summed E-state index contributed by atoms with van der Waals surface area (Å²) in [5.41, 5.74) is 3.38. The first-order valence-electron chi connectivity index (χ1n) is 5.29. The monoisotopic (exact) mass is 208 g/mol. The maximum absolute atomic E-state index is 5.29. The normalized spacial score (nSPS) is 10.8. The van der Waals surface area contributed by atoms with Crippen LogP contribution in [-0.2, 0) is 6.54 Å². The summed E-state index contributed by atoms with van der Waals surface area (Å²) in [5.74, 6) is 0.737. The van der Waals surface area contributed by atoms with Crippen molar-refractivity contribution in [2.24, 2.45) is 0 Å². The van der Waals surface area contributed by atoms with E-state index in [4.69, 9.17) is 4.74 Å². The van der Waals surface area contributed by atoms with Gasteiger partial charge in [-0.25, -0.2) is 4.98 Å². The molecule has 0 aliphatic rings. The number of hydrogen-bond acceptors (Lipinski definition) is 3. The molecule has 0 amide bonds. The Labute approximate surface area is 91.9 Å². The highest BCUT2D eigenvalue weighted by Crippen LogP contribution is 2.20. The smallest absolute Gasteiger partial charge is 0.218 e. The largest absolute Gasteiger partial charge is 0.481 e. The molecule has 1 aromatic heterocycles. The van der Waals surface area contributed by atoms with Gasteiger partial charge in [0.2, 0.25) is 5.88 Å². The van der Waals surface area contributed by atoms with Gasteiger partial charge in [-0.05, 0) is 25.5 Å². The second kappa shape index (κ2) is 5.12. The summed E-state index contributed by atoms with van der Waals surface area (Å²) in [7, 11) is 1.67. The molecule has 0 saturated heterocycles. The molecule has 0 fully saturated rings. The maximum atomic E-state index is 5.29. The maximum Gasteiger partial charge on any atom is 0.218 e. The predicted octanol–water partition coefficient (Wildman–Crippen LogP) is 2.21. The van der Waals surface area contributed by atoms with Crippen molar-refractivity contribution in [2.45, 2.75) is 40.3 Å². The van der Waals surface area contributed by atoms with Crippen molar-refractivity contribution in [3.8, 4) is 5.88 Å². The van der Waals surface area contributed by atoms with E-state index in [2.05, 4.69) is 37.1 Å². The number of aryl methyl sites for hydroxylation is 2. The number of ether oxygens (including phenoxy) is 1. The third kappa shape index (κ3) is 3.20. The number of nitrogens with zero attached hydrogens (tertiary/aromatic N) is 1. The summed E-state index contributed by atoms with van der Waals surface area (Å²) in [4.78, 5) is 4.37. The van der Waals surface area contributed by atoms with Crippen LogP contribution in [0.4, 0.5) is 0 Å². The van der Waals surface area contributed by atoms with Crippen LogP contribution in [-0.4, -0.2) is 18.1 Å². The summed E-state index contributed by atoms with van der Waals surface area (Å²) in [6.45, 7) is 9.14. The zero-order valence-corrected chi connectivity index (χ0v) is 10.2. The van der Waals surface area contributed by atoms with E-state index in [0.717, 1.165) is 23.7 Å². The Morgan fingerprint density at radius 2 is 2.07 bits per heavy atom. The Bertz CT molecular complexity index is 335. The summed E-state index contributed by atoms with van der Waals surface area (Å²) < 4.78 is 5.29. The van der Waals surface area contributed by atoms with Crippen LogP contribution in [0.5, 0.6) is 5.88 Å². The van der Waals surface area contributed by atoms with Crippen LogP contribution in [0.15, 0.2) is 6.07 Å². The number of nitrogens with one attached hydrogen (secondary N) is 1. The third-order valence-corrected chi connectivity index (χ3v) is 2.32. The van der Waals surface area contributed by atoms with Crippen LogP contribution in [0, 0.1) is 13.8 Å². The van der Waals surface area contributed by atoms with Gasteiger partial charge in [-0.3, -0.25) is 0 Å². The van der Waals surface area contributed by atoms with Crippen LogP contribution in [0.1, 0.15) is 30.7 Å². The summed E-state index contributed by atoms with van der Waals surface area (Å²) >= 11 is 0. The topological polar surface area (TPSA) is 34.1 Å². The minimum Gasteiger partial charge on any atom is -0.481 e. The number of methoxy groups -OCH3 is 1. The quantitative estimate of drug-likeness (QED) is 0.823. The molecule has 0 aliphatic heterocycles. The number of aromatic nitrogens is 1. The molecule has 1 N–H and O–H groups in total. The van der Waals surface area contributed by atoms with E-state index in [0.29, 0.717) is 6.04 Å². The molecule has 0 atom stereocenters. The van der Waals surface area contributed by atoms with Crippen molar-refractivity contribution in [2.75, 3.05) is 7.11 Å². The molecule has 1 heterocycles. The number of hydrogen-bond donors (Lipinski definition) is 1. The standard InChI is InChI=1S/C12H20N2O/c1-8(2)13-7-11-9(3)6-10(4)14-12(11)15-5/h6,8,13H,7H2,1-5H3. The molecule has 0 saturated carbocycles. The van der Waals surface area contributed by atoms with Gasteiger partial charge in [0.25, 0.3) is 0 Å². The molecule has 0 unspecified atom stereocenters. The second-order valence-corrected chi connectivity index (χ2v) is 4.10. The first-order chi connectivity index (χ1) is 7.04. The summed E-state index contributed by atoms with van der Waals surface area (Å²) in [6, 6.07) is 2.55. The minimum atomic E-state index is 0.468. The molecule has 0 aromatic carbocycles. The van der Waals surface area contributed by atoms with Crippen LogP contribution in [0.2, 0.25) is 0 Å². The van der Waals surface area contributed by atoms with Crippen LogP contribution < -0.4 is 10.1 Å². The molecule has 1 rings (SSSR count). The highest BCUT2D eigenvalue weighted by Gasteiger charge is 2.09. The highest BCUT2D eigenvalue weighted by atomic mass is 16.5. The fraction of sp³-hybridized carbons (Fsp3) is 0.583. The van der Waals surface area contributed by atoms with Gasteiger partial charge in [-0.1, -0.05) is 13.8 Å². The van der Waals surface area contributed by atoms with Crippen molar-refractivity contribution < 1.29 is 4.74 Å². The molecule has 0 radical (unpaired) electrons. The van der Waals surface area contributed by atoms with Gasteiger partial charge in [0, 0.05) is 23.8 Å². The molecule has 3 heteroatoms. The SMILES string of the molecule is COc1nc(C)cc(C)c1CNC(C)C. The van der Waals surface area contributed by atoms with Crippen LogP contribution >= 0.6 is 0 Å². The Hall–Kier alpha value is -1.09. The average molecular weight is 208 g/mol. The molecule has 1 aromatic rings. The lowest BCUT2D eigenvalue weighted by Gasteiger charge is -2.14. The number of rotatable bonds is 4. The van der Waals surface area contributed by atoms with Crippen molar-refractivity contribution >= 4 is 0 Å². The van der Waals surface area contributed by atoms with E-state index in [-0.39, 0.29) is 0 Å². The van der Waals surface area contributed by atoms with Crippen LogP contribution in [0.3, 0.4) is 0 Å². The van der Waals surface area contributed by atoms with Crippen LogP contribution in [0.25, 0.3) is 0 Å². The summed E-state index contributed by atoms with van der Waals surface area (Å²) in [5, 5.41) is 3.38. The van der Waals surface area contributed by atoms with E-state index >= 15 is 0 Å². The Balaban J connectivity index is 2.93. The molecule has 0 spiro atoms. The zero-order valence-electron chi connectivity index (χ0n) is 10.2. The van der Waals surface area contributed by atoms with Gasteiger partial charge >= 0.3 is 0 Å². The lowest BCUT2D eigenvalue weighted by molar-refractivity contribution is 0.388. The Morgan fingerprint density at radius 1 is 1.40 bits per heavy atom. The van der Waals surface area contributed by atoms with Gasteiger partial charge in [0.1, 0.15) is 0 Å². The minimum absolute atomic E-state index is 0.468. The fourth-order valence-electron chi connectivity index (χ4n) is 1.52. The second-order valence-electron chi connectivity index (χ2n) is 4.10. The van der Waals surface area contributed by atoms with Gasteiger partial charge in [-0.15, -0.1) is 0 Å². The van der Waals surface area contributed by atoms with Crippen molar-refractivity contribution in [3.05, 3.63) is 22.9 Å². The van der Waals surface area contributed by atoms with E-state index in [1.807, 2.05) is 6.92 Å². The van der Waals surface area contributed by atoms with Gasteiger partial charge in [0.05, 0.1) is 7.11 Å². The lowest BCUT2D eigenvalue weighted by Crippen LogP contribution is -2.23. The first-order valence-corrected chi connectivity index (χ1v) is 5.29. The van der Waals surface area contributed by atoms with E-state index in [1.165, 1.54) is 5.56 Å². The third-order valence-electron chi connectivity index (χ3n) is 2.32. The molecule has 0 aliphatic carbocycles. The van der Waals surface area contributed by atoms with Gasteiger partial charge in [0.15, 0.2) is 0 Å². The average Bonchev–Trinajstić information content (AvgIpc) is 2.14. The molecule has 0 bridgehead atoms. The first kappa shape index (κ1) is 12.0.